The minimum Gasteiger partial charge on any atom is -0.354 e. The molecule has 0 radical (unpaired) electrons. The van der Waals surface area contributed by atoms with Gasteiger partial charge in [-0.3, -0.25) is 14.5 Å². The monoisotopic (exact) mass is 335 g/mol. The summed E-state index contributed by atoms with van der Waals surface area (Å²) in [6, 6.07) is 0. The molecule has 0 spiro atoms. The van der Waals surface area contributed by atoms with E-state index in [0.29, 0.717) is 13.0 Å². The molecular weight excluding hydrogens is 302 g/mol. The molecule has 0 aromatic rings. The molecule has 0 aromatic heterocycles. The summed E-state index contributed by atoms with van der Waals surface area (Å²) in [5.74, 6) is 0.377. The second-order valence-corrected chi connectivity index (χ2v) is 7.73. The third-order valence-electron chi connectivity index (χ3n) is 6.15. The quantitative estimate of drug-likeness (QED) is 0.839. The van der Waals surface area contributed by atoms with Crippen LogP contribution in [0, 0.1) is 0 Å². The molecule has 2 heterocycles. The lowest BCUT2D eigenvalue weighted by Crippen LogP contribution is -2.61. The van der Waals surface area contributed by atoms with Crippen molar-refractivity contribution >= 4 is 11.8 Å². The predicted molar refractivity (Wildman–Crippen MR) is 94.7 cm³/mol. The Morgan fingerprint density at radius 2 is 1.38 bits per heavy atom. The van der Waals surface area contributed by atoms with Gasteiger partial charge in [0, 0.05) is 26.1 Å². The maximum atomic E-state index is 13.0. The Morgan fingerprint density at radius 1 is 0.792 bits per heavy atom. The van der Waals surface area contributed by atoms with Crippen LogP contribution < -0.4 is 5.32 Å². The lowest BCUT2D eigenvalue weighted by molar-refractivity contribution is -0.137. The van der Waals surface area contributed by atoms with Crippen molar-refractivity contribution in [1.29, 1.82) is 0 Å². The second-order valence-electron chi connectivity index (χ2n) is 7.73. The molecule has 0 aromatic carbocycles. The third kappa shape index (κ3) is 3.93. The number of rotatable bonds is 5. The first-order valence-corrected chi connectivity index (χ1v) is 10.0. The van der Waals surface area contributed by atoms with Crippen LogP contribution in [0.1, 0.15) is 70.6 Å². The summed E-state index contributed by atoms with van der Waals surface area (Å²) in [4.78, 5) is 29.6. The topological polar surface area (TPSA) is 52.7 Å². The fraction of sp³-hybridized carbons (Fsp3) is 0.895. The molecule has 0 atom stereocenters. The summed E-state index contributed by atoms with van der Waals surface area (Å²) in [7, 11) is 0. The van der Waals surface area contributed by atoms with E-state index in [1.807, 2.05) is 4.90 Å². The third-order valence-corrected chi connectivity index (χ3v) is 6.15. The summed E-state index contributed by atoms with van der Waals surface area (Å²) in [6.07, 6.45) is 11.9. The van der Waals surface area contributed by atoms with Gasteiger partial charge in [0.25, 0.3) is 0 Å². The van der Waals surface area contributed by atoms with Gasteiger partial charge in [0.05, 0.1) is 0 Å². The molecule has 1 aliphatic carbocycles. The van der Waals surface area contributed by atoms with Crippen LogP contribution in [-0.2, 0) is 9.59 Å². The van der Waals surface area contributed by atoms with Crippen molar-refractivity contribution in [2.75, 3.05) is 32.7 Å². The Labute approximate surface area is 146 Å². The number of carbonyl (C=O) groups is 2. The minimum absolute atomic E-state index is 0.179. The van der Waals surface area contributed by atoms with E-state index >= 15 is 0 Å². The van der Waals surface area contributed by atoms with E-state index in [1.165, 1.54) is 25.7 Å². The molecular formula is C19H33N3O2. The fourth-order valence-electron chi connectivity index (χ4n) is 4.72. The van der Waals surface area contributed by atoms with Crippen LogP contribution in [0.5, 0.6) is 0 Å². The lowest BCUT2D eigenvalue weighted by Gasteiger charge is -2.46. The number of likely N-dealkylation sites (tertiary alicyclic amines) is 2. The van der Waals surface area contributed by atoms with E-state index in [1.54, 1.807) is 0 Å². The van der Waals surface area contributed by atoms with E-state index in [2.05, 4.69) is 10.2 Å². The van der Waals surface area contributed by atoms with Gasteiger partial charge in [-0.15, -0.1) is 0 Å². The Bertz CT molecular complexity index is 434. The highest BCUT2D eigenvalue weighted by Crippen LogP contribution is 2.35. The molecule has 3 rings (SSSR count). The van der Waals surface area contributed by atoms with Crippen LogP contribution >= 0.6 is 0 Å². The predicted octanol–water partition coefficient (Wildman–Crippen LogP) is 2.30. The van der Waals surface area contributed by atoms with E-state index in [9.17, 15) is 9.59 Å². The van der Waals surface area contributed by atoms with Gasteiger partial charge in [-0.05, 0) is 51.6 Å². The fourth-order valence-corrected chi connectivity index (χ4v) is 4.72. The summed E-state index contributed by atoms with van der Waals surface area (Å²) in [5, 5.41) is 3.12. The van der Waals surface area contributed by atoms with Crippen LogP contribution in [0.3, 0.4) is 0 Å². The van der Waals surface area contributed by atoms with Gasteiger partial charge in [0.2, 0.25) is 11.8 Å². The Balaban J connectivity index is 1.54. The van der Waals surface area contributed by atoms with Gasteiger partial charge in [0.15, 0.2) is 0 Å². The minimum atomic E-state index is -0.296. The van der Waals surface area contributed by atoms with Gasteiger partial charge < -0.3 is 10.2 Å². The molecule has 3 fully saturated rings. The molecule has 1 saturated carbocycles. The summed E-state index contributed by atoms with van der Waals surface area (Å²) in [6.45, 7) is 4.39. The SMILES string of the molecule is O=C(CCNC(=O)C1(N2CCCCC2)CCCCC1)N1CCCC1. The van der Waals surface area contributed by atoms with Gasteiger partial charge in [0.1, 0.15) is 5.54 Å². The van der Waals surface area contributed by atoms with Gasteiger partial charge >= 0.3 is 0 Å². The molecule has 2 amide bonds. The van der Waals surface area contributed by atoms with Crippen LogP contribution in [-0.4, -0.2) is 59.9 Å². The number of nitrogens with one attached hydrogen (secondary N) is 1. The maximum absolute atomic E-state index is 13.0. The lowest BCUT2D eigenvalue weighted by atomic mass is 9.78. The zero-order chi connectivity index (χ0) is 16.8. The first-order chi connectivity index (χ1) is 11.7. The standard InChI is InChI=1S/C19H33N3O2/c23-17(21-13-7-8-14-21)9-12-20-18(24)19(10-3-1-4-11-19)22-15-5-2-6-16-22/h1-16H2,(H,20,24). The van der Waals surface area contributed by atoms with E-state index in [0.717, 1.165) is 64.7 Å². The number of amides is 2. The molecule has 24 heavy (non-hydrogen) atoms. The van der Waals surface area contributed by atoms with E-state index < -0.39 is 0 Å². The summed E-state index contributed by atoms with van der Waals surface area (Å²) < 4.78 is 0. The molecule has 2 saturated heterocycles. The van der Waals surface area contributed by atoms with Crippen molar-refractivity contribution < 1.29 is 9.59 Å². The molecule has 136 valence electrons. The number of hydrogen-bond donors (Lipinski definition) is 1. The smallest absolute Gasteiger partial charge is 0.240 e. The Kier molecular flexibility index (Phi) is 6.14. The normalized spacial score (nSPS) is 24.8. The average Bonchev–Trinajstić information content (AvgIpc) is 3.17. The van der Waals surface area contributed by atoms with Crippen LogP contribution in [0.4, 0.5) is 0 Å². The van der Waals surface area contributed by atoms with Crippen molar-refractivity contribution in [2.24, 2.45) is 0 Å². The molecule has 5 nitrogen and oxygen atoms in total. The van der Waals surface area contributed by atoms with Gasteiger partial charge in [-0.25, -0.2) is 0 Å². The number of piperidine rings is 1. The highest BCUT2D eigenvalue weighted by Gasteiger charge is 2.44. The number of hydrogen-bond acceptors (Lipinski definition) is 3. The second kappa shape index (κ2) is 8.32. The van der Waals surface area contributed by atoms with Crippen molar-refractivity contribution in [3.63, 3.8) is 0 Å². The van der Waals surface area contributed by atoms with Crippen molar-refractivity contribution in [3.8, 4) is 0 Å². The van der Waals surface area contributed by atoms with Crippen LogP contribution in [0.2, 0.25) is 0 Å². The van der Waals surface area contributed by atoms with Crippen molar-refractivity contribution in [3.05, 3.63) is 0 Å². The van der Waals surface area contributed by atoms with Crippen LogP contribution in [0.15, 0.2) is 0 Å². The zero-order valence-electron chi connectivity index (χ0n) is 15.0. The molecule has 1 N–H and O–H groups in total. The van der Waals surface area contributed by atoms with E-state index in [-0.39, 0.29) is 17.4 Å². The zero-order valence-corrected chi connectivity index (χ0v) is 15.0. The highest BCUT2D eigenvalue weighted by atomic mass is 16.2. The average molecular weight is 335 g/mol. The molecule has 5 heteroatoms. The molecule has 0 unspecified atom stereocenters. The molecule has 2 aliphatic heterocycles. The van der Waals surface area contributed by atoms with Gasteiger partial charge in [-0.1, -0.05) is 25.7 Å². The van der Waals surface area contributed by atoms with Crippen molar-refractivity contribution in [2.45, 2.75) is 76.2 Å². The van der Waals surface area contributed by atoms with Crippen molar-refractivity contribution in [1.82, 2.24) is 15.1 Å². The molecule has 0 bridgehead atoms. The Morgan fingerprint density at radius 3 is 2.04 bits per heavy atom. The van der Waals surface area contributed by atoms with Crippen LogP contribution in [0.25, 0.3) is 0 Å². The maximum Gasteiger partial charge on any atom is 0.240 e. The summed E-state index contributed by atoms with van der Waals surface area (Å²) in [5.41, 5.74) is -0.296. The number of carbonyl (C=O) groups excluding carboxylic acids is 2. The largest absolute Gasteiger partial charge is 0.354 e. The Hall–Kier alpha value is -1.10. The van der Waals surface area contributed by atoms with E-state index in [4.69, 9.17) is 0 Å². The highest BCUT2D eigenvalue weighted by molar-refractivity contribution is 5.87. The van der Waals surface area contributed by atoms with Gasteiger partial charge in [-0.2, -0.15) is 0 Å². The summed E-state index contributed by atoms with van der Waals surface area (Å²) >= 11 is 0. The number of nitrogens with zero attached hydrogens (tertiary/aromatic N) is 2. The first-order valence-electron chi connectivity index (χ1n) is 10.0. The molecule has 3 aliphatic rings. The first kappa shape index (κ1) is 17.7.